The Morgan fingerprint density at radius 2 is 2.16 bits per heavy atom. The number of hydrogen-bond acceptors (Lipinski definition) is 3. The average Bonchev–Trinajstić information content (AvgIpc) is 3.06. The summed E-state index contributed by atoms with van der Waals surface area (Å²) in [5, 5.41) is 0. The molecule has 0 spiro atoms. The van der Waals surface area contributed by atoms with E-state index in [4.69, 9.17) is 0 Å². The summed E-state index contributed by atoms with van der Waals surface area (Å²) in [5.74, 6) is 0.177. The molecule has 1 amide bonds. The Balaban J connectivity index is 1.48. The van der Waals surface area contributed by atoms with Crippen LogP contribution in [0.25, 0.3) is 0 Å². The van der Waals surface area contributed by atoms with E-state index in [2.05, 4.69) is 23.0 Å². The average molecular weight is 341 g/mol. The highest BCUT2D eigenvalue weighted by Crippen LogP contribution is 2.19. The highest BCUT2D eigenvalue weighted by atomic mass is 19.1. The zero-order valence-corrected chi connectivity index (χ0v) is 14.6. The maximum Gasteiger partial charge on any atom is 0.227 e. The largest absolute Gasteiger partial charge is 0.342 e. The Labute approximate surface area is 148 Å². The van der Waals surface area contributed by atoms with E-state index < -0.39 is 0 Å². The maximum atomic E-state index is 13.7. The summed E-state index contributed by atoms with van der Waals surface area (Å²) in [4.78, 5) is 20.7. The summed E-state index contributed by atoms with van der Waals surface area (Å²) < 4.78 is 13.7. The number of pyridine rings is 1. The minimum Gasteiger partial charge on any atom is -0.342 e. The van der Waals surface area contributed by atoms with Crippen molar-refractivity contribution in [2.75, 3.05) is 26.7 Å². The van der Waals surface area contributed by atoms with Crippen LogP contribution in [0.5, 0.6) is 0 Å². The fourth-order valence-corrected chi connectivity index (χ4v) is 3.43. The molecule has 4 nitrogen and oxygen atoms in total. The number of carbonyl (C=O) groups is 1. The van der Waals surface area contributed by atoms with E-state index in [0.717, 1.165) is 32.6 Å². The zero-order chi connectivity index (χ0) is 17.6. The molecule has 0 radical (unpaired) electrons. The molecule has 1 aliphatic rings. The van der Waals surface area contributed by atoms with Gasteiger partial charge >= 0.3 is 0 Å². The van der Waals surface area contributed by atoms with Gasteiger partial charge in [-0.1, -0.05) is 24.3 Å². The molecule has 2 heterocycles. The van der Waals surface area contributed by atoms with Gasteiger partial charge in [0.25, 0.3) is 0 Å². The Kier molecular flexibility index (Phi) is 5.76. The number of hydrogen-bond donors (Lipinski definition) is 0. The van der Waals surface area contributed by atoms with Crippen LogP contribution < -0.4 is 0 Å². The normalized spacial score (nSPS) is 17.2. The quantitative estimate of drug-likeness (QED) is 0.811. The topological polar surface area (TPSA) is 36.4 Å². The SMILES string of the molecule is CN(Cc1cccnc1)C[C@H]1CCN(C(=O)Cc2ccccc2F)C1. The van der Waals surface area contributed by atoms with E-state index in [9.17, 15) is 9.18 Å². The van der Waals surface area contributed by atoms with Crippen LogP contribution in [0.3, 0.4) is 0 Å². The van der Waals surface area contributed by atoms with Gasteiger partial charge in [0, 0.05) is 38.6 Å². The number of likely N-dealkylation sites (tertiary alicyclic amines) is 1. The highest BCUT2D eigenvalue weighted by molar-refractivity contribution is 5.79. The summed E-state index contributed by atoms with van der Waals surface area (Å²) in [5.41, 5.74) is 1.67. The van der Waals surface area contributed by atoms with Crippen molar-refractivity contribution in [1.29, 1.82) is 0 Å². The molecular formula is C20H24FN3O. The summed E-state index contributed by atoms with van der Waals surface area (Å²) >= 11 is 0. The summed E-state index contributed by atoms with van der Waals surface area (Å²) in [6, 6.07) is 10.5. The van der Waals surface area contributed by atoms with Gasteiger partial charge < -0.3 is 9.80 Å². The number of halogens is 1. The van der Waals surface area contributed by atoms with Gasteiger partial charge in [0.15, 0.2) is 0 Å². The molecule has 1 aromatic carbocycles. The molecule has 1 saturated heterocycles. The van der Waals surface area contributed by atoms with Crippen LogP contribution in [0.2, 0.25) is 0 Å². The molecule has 1 aliphatic heterocycles. The number of aromatic nitrogens is 1. The van der Waals surface area contributed by atoms with Gasteiger partial charge in [-0.05, 0) is 42.6 Å². The summed E-state index contributed by atoms with van der Waals surface area (Å²) in [6.07, 6.45) is 4.81. The van der Waals surface area contributed by atoms with Gasteiger partial charge in [0.1, 0.15) is 5.82 Å². The van der Waals surface area contributed by atoms with Crippen LogP contribution in [0.1, 0.15) is 17.5 Å². The van der Waals surface area contributed by atoms with Crippen molar-refractivity contribution < 1.29 is 9.18 Å². The number of benzene rings is 1. The van der Waals surface area contributed by atoms with Gasteiger partial charge in [0.2, 0.25) is 5.91 Å². The second-order valence-corrected chi connectivity index (χ2v) is 6.82. The second-order valence-electron chi connectivity index (χ2n) is 6.82. The van der Waals surface area contributed by atoms with E-state index in [1.807, 2.05) is 17.2 Å². The predicted molar refractivity (Wildman–Crippen MR) is 95.4 cm³/mol. The van der Waals surface area contributed by atoms with E-state index in [1.54, 1.807) is 24.4 Å². The van der Waals surface area contributed by atoms with Crippen LogP contribution in [0.15, 0.2) is 48.8 Å². The van der Waals surface area contributed by atoms with E-state index in [0.29, 0.717) is 11.5 Å². The Bertz CT molecular complexity index is 707. The first-order valence-electron chi connectivity index (χ1n) is 8.70. The number of nitrogens with zero attached hydrogens (tertiary/aromatic N) is 3. The van der Waals surface area contributed by atoms with Crippen molar-refractivity contribution in [3.8, 4) is 0 Å². The minimum absolute atomic E-state index is 0.0162. The van der Waals surface area contributed by atoms with Crippen LogP contribution >= 0.6 is 0 Å². The maximum absolute atomic E-state index is 13.7. The number of carbonyl (C=O) groups excluding carboxylic acids is 1. The highest BCUT2D eigenvalue weighted by Gasteiger charge is 2.27. The lowest BCUT2D eigenvalue weighted by Gasteiger charge is -2.21. The number of amides is 1. The predicted octanol–water partition coefficient (Wildman–Crippen LogP) is 2.74. The molecule has 0 N–H and O–H groups in total. The van der Waals surface area contributed by atoms with Gasteiger partial charge in [-0.2, -0.15) is 0 Å². The third-order valence-corrected chi connectivity index (χ3v) is 4.68. The van der Waals surface area contributed by atoms with Crippen molar-refractivity contribution in [1.82, 2.24) is 14.8 Å². The molecule has 2 aromatic rings. The smallest absolute Gasteiger partial charge is 0.227 e. The number of rotatable bonds is 6. The molecule has 1 fully saturated rings. The standard InChI is InChI=1S/C20H24FN3O/c1-23(13-16-5-4-9-22-12-16)14-17-8-10-24(15-17)20(25)11-18-6-2-3-7-19(18)21/h2-7,9,12,17H,8,10-11,13-15H2,1H3/t17-/m1/s1. The monoisotopic (exact) mass is 341 g/mol. The molecule has 0 bridgehead atoms. The van der Waals surface area contributed by atoms with Crippen LogP contribution in [-0.4, -0.2) is 47.4 Å². The van der Waals surface area contributed by atoms with E-state index in [1.165, 1.54) is 11.6 Å². The third-order valence-electron chi connectivity index (χ3n) is 4.68. The van der Waals surface area contributed by atoms with Gasteiger partial charge in [-0.15, -0.1) is 0 Å². The molecule has 3 rings (SSSR count). The van der Waals surface area contributed by atoms with Crippen molar-refractivity contribution in [3.63, 3.8) is 0 Å². The Morgan fingerprint density at radius 3 is 2.92 bits per heavy atom. The summed E-state index contributed by atoms with van der Waals surface area (Å²) in [7, 11) is 2.09. The lowest BCUT2D eigenvalue weighted by atomic mass is 10.1. The van der Waals surface area contributed by atoms with Gasteiger partial charge in [-0.3, -0.25) is 9.78 Å². The van der Waals surface area contributed by atoms with Crippen LogP contribution in [0.4, 0.5) is 4.39 Å². The minimum atomic E-state index is -0.303. The molecule has 1 atom stereocenters. The fourth-order valence-electron chi connectivity index (χ4n) is 3.43. The first-order valence-corrected chi connectivity index (χ1v) is 8.70. The second kappa shape index (κ2) is 8.21. The lowest BCUT2D eigenvalue weighted by molar-refractivity contribution is -0.129. The van der Waals surface area contributed by atoms with Crippen molar-refractivity contribution in [2.45, 2.75) is 19.4 Å². The van der Waals surface area contributed by atoms with Gasteiger partial charge in [-0.25, -0.2) is 4.39 Å². The van der Waals surface area contributed by atoms with Crippen molar-refractivity contribution in [2.24, 2.45) is 5.92 Å². The lowest BCUT2D eigenvalue weighted by Crippen LogP contribution is -2.32. The zero-order valence-electron chi connectivity index (χ0n) is 14.6. The summed E-state index contributed by atoms with van der Waals surface area (Å²) in [6.45, 7) is 3.31. The Morgan fingerprint density at radius 1 is 1.32 bits per heavy atom. The van der Waals surface area contributed by atoms with E-state index in [-0.39, 0.29) is 18.1 Å². The first kappa shape index (κ1) is 17.5. The molecular weight excluding hydrogens is 317 g/mol. The first-order chi connectivity index (χ1) is 12.1. The van der Waals surface area contributed by atoms with E-state index >= 15 is 0 Å². The van der Waals surface area contributed by atoms with Crippen LogP contribution in [-0.2, 0) is 17.8 Å². The molecule has 5 heteroatoms. The molecule has 0 saturated carbocycles. The molecule has 0 unspecified atom stereocenters. The molecule has 1 aromatic heterocycles. The molecule has 0 aliphatic carbocycles. The molecule has 25 heavy (non-hydrogen) atoms. The Hall–Kier alpha value is -2.27. The van der Waals surface area contributed by atoms with Crippen molar-refractivity contribution in [3.05, 3.63) is 65.7 Å². The fraction of sp³-hybridized carbons (Fsp3) is 0.400. The van der Waals surface area contributed by atoms with Gasteiger partial charge in [0.05, 0.1) is 6.42 Å². The van der Waals surface area contributed by atoms with Crippen molar-refractivity contribution >= 4 is 5.91 Å². The third kappa shape index (κ3) is 4.86. The molecule has 132 valence electrons. The van der Waals surface area contributed by atoms with Crippen LogP contribution in [0, 0.1) is 11.7 Å².